The molecule has 0 saturated carbocycles. The average molecular weight is 606 g/mol. The Morgan fingerprint density at radius 1 is 0.841 bits per heavy atom. The Morgan fingerprint density at radius 3 is 2.27 bits per heavy atom. The fourth-order valence-electron chi connectivity index (χ4n) is 4.77. The molecule has 0 aliphatic rings. The molecule has 5 rings (SSSR count). The third-order valence-electron chi connectivity index (χ3n) is 6.95. The number of ether oxygens (including phenoxy) is 1. The fourth-order valence-corrected chi connectivity index (χ4v) is 5.67. The highest BCUT2D eigenvalue weighted by Crippen LogP contribution is 2.29. The molecular formula is C35H35N5O3S. The molecule has 0 radical (unpaired) electrons. The summed E-state index contributed by atoms with van der Waals surface area (Å²) in [7, 11) is 0. The van der Waals surface area contributed by atoms with Gasteiger partial charge in [0.05, 0.1) is 18.2 Å². The second kappa shape index (κ2) is 14.5. The number of anilines is 1. The zero-order chi connectivity index (χ0) is 30.9. The van der Waals surface area contributed by atoms with Gasteiger partial charge in [0, 0.05) is 23.5 Å². The monoisotopic (exact) mass is 605 g/mol. The number of carbonyl (C=O) groups is 2. The molecule has 0 saturated heterocycles. The molecule has 0 spiro atoms. The van der Waals surface area contributed by atoms with Crippen LogP contribution in [-0.4, -0.2) is 33.4 Å². The highest BCUT2D eigenvalue weighted by Gasteiger charge is 2.25. The number of hydrogen-bond acceptors (Lipinski definition) is 6. The van der Waals surface area contributed by atoms with Crippen LogP contribution >= 0.6 is 11.8 Å². The van der Waals surface area contributed by atoms with Crippen molar-refractivity contribution in [1.82, 2.24) is 20.1 Å². The van der Waals surface area contributed by atoms with E-state index in [4.69, 9.17) is 4.74 Å². The minimum atomic E-state index is -0.502. The van der Waals surface area contributed by atoms with E-state index >= 15 is 0 Å². The van der Waals surface area contributed by atoms with Gasteiger partial charge < -0.3 is 15.4 Å². The lowest BCUT2D eigenvalue weighted by Crippen LogP contribution is -2.35. The zero-order valence-corrected chi connectivity index (χ0v) is 25.8. The molecule has 1 aromatic heterocycles. The maximum atomic E-state index is 13.4. The van der Waals surface area contributed by atoms with Crippen LogP contribution in [-0.2, 0) is 16.9 Å². The number of urea groups is 1. The summed E-state index contributed by atoms with van der Waals surface area (Å²) in [5.41, 5.74) is 6.47. The van der Waals surface area contributed by atoms with E-state index in [-0.39, 0.29) is 0 Å². The van der Waals surface area contributed by atoms with Crippen LogP contribution in [0.15, 0.2) is 108 Å². The van der Waals surface area contributed by atoms with E-state index in [1.807, 2.05) is 54.0 Å². The normalized spacial score (nSPS) is 11.5. The van der Waals surface area contributed by atoms with Crippen molar-refractivity contribution in [3.63, 3.8) is 0 Å². The van der Waals surface area contributed by atoms with E-state index in [1.54, 1.807) is 43.0 Å². The molecular weight excluding hydrogens is 570 g/mol. The van der Waals surface area contributed by atoms with Crippen LogP contribution in [0.1, 0.15) is 51.4 Å². The van der Waals surface area contributed by atoms with Crippen molar-refractivity contribution < 1.29 is 14.3 Å². The number of thioether (sulfide) groups is 1. The molecule has 2 N–H and O–H groups in total. The highest BCUT2D eigenvalue weighted by molar-refractivity contribution is 7.98. The first-order valence-corrected chi connectivity index (χ1v) is 15.5. The van der Waals surface area contributed by atoms with Gasteiger partial charge in [-0.3, -0.25) is 4.57 Å². The van der Waals surface area contributed by atoms with Crippen molar-refractivity contribution in [2.75, 3.05) is 11.9 Å². The molecule has 2 amide bonds. The third-order valence-corrected chi connectivity index (χ3v) is 7.95. The SMILES string of the molecule is CCOC(=O)c1ccc(NC(=O)NC(Cc2ccccc2)c2nnc(SCc3cccc(C)c3)n2-c2ccc(C)cc2)cc1. The maximum absolute atomic E-state index is 13.4. The summed E-state index contributed by atoms with van der Waals surface area (Å²) < 4.78 is 7.08. The van der Waals surface area contributed by atoms with Gasteiger partial charge in [0.25, 0.3) is 0 Å². The summed E-state index contributed by atoms with van der Waals surface area (Å²) in [5.74, 6) is 0.945. The lowest BCUT2D eigenvalue weighted by Gasteiger charge is -2.21. The summed E-state index contributed by atoms with van der Waals surface area (Å²) in [6.07, 6.45) is 0.503. The van der Waals surface area contributed by atoms with E-state index in [2.05, 4.69) is 64.2 Å². The molecule has 224 valence electrons. The molecule has 0 fully saturated rings. The van der Waals surface area contributed by atoms with E-state index in [1.165, 1.54) is 11.1 Å². The predicted molar refractivity (Wildman–Crippen MR) is 174 cm³/mol. The summed E-state index contributed by atoms with van der Waals surface area (Å²) in [4.78, 5) is 25.4. The largest absolute Gasteiger partial charge is 0.462 e. The van der Waals surface area contributed by atoms with Crippen molar-refractivity contribution in [2.45, 2.75) is 44.1 Å². The number of nitrogens with zero attached hydrogens (tertiary/aromatic N) is 3. The van der Waals surface area contributed by atoms with Gasteiger partial charge in [0.1, 0.15) is 0 Å². The molecule has 1 atom stereocenters. The van der Waals surface area contributed by atoms with E-state index in [9.17, 15) is 9.59 Å². The van der Waals surface area contributed by atoms with Crippen LogP contribution in [0.5, 0.6) is 0 Å². The lowest BCUT2D eigenvalue weighted by molar-refractivity contribution is 0.0526. The average Bonchev–Trinajstić information content (AvgIpc) is 3.45. The summed E-state index contributed by atoms with van der Waals surface area (Å²) in [6, 6.07) is 32.3. The first kappa shape index (κ1) is 30.6. The van der Waals surface area contributed by atoms with Gasteiger partial charge in [-0.2, -0.15) is 0 Å². The molecule has 1 heterocycles. The van der Waals surface area contributed by atoms with Crippen LogP contribution in [0.25, 0.3) is 5.69 Å². The molecule has 44 heavy (non-hydrogen) atoms. The number of esters is 1. The van der Waals surface area contributed by atoms with Gasteiger partial charge in [-0.05, 0) is 68.3 Å². The number of benzene rings is 4. The Balaban J connectivity index is 1.44. The molecule has 0 bridgehead atoms. The smallest absolute Gasteiger partial charge is 0.338 e. The second-order valence-corrected chi connectivity index (χ2v) is 11.4. The number of amides is 2. The van der Waals surface area contributed by atoms with Crippen LogP contribution < -0.4 is 10.6 Å². The Bertz CT molecular complexity index is 1700. The Hall–Kier alpha value is -4.89. The second-order valence-electron chi connectivity index (χ2n) is 10.4. The Morgan fingerprint density at radius 2 is 1.57 bits per heavy atom. The van der Waals surface area contributed by atoms with Gasteiger partial charge in [0.15, 0.2) is 11.0 Å². The number of carbonyl (C=O) groups excluding carboxylic acids is 2. The van der Waals surface area contributed by atoms with Crippen molar-refractivity contribution >= 4 is 29.4 Å². The van der Waals surface area contributed by atoms with Gasteiger partial charge in [-0.1, -0.05) is 89.6 Å². The van der Waals surface area contributed by atoms with E-state index in [0.717, 1.165) is 27.7 Å². The molecule has 4 aromatic carbocycles. The summed E-state index contributed by atoms with van der Waals surface area (Å²) >= 11 is 1.60. The topological polar surface area (TPSA) is 98.1 Å². The van der Waals surface area contributed by atoms with Gasteiger partial charge in [-0.25, -0.2) is 9.59 Å². The van der Waals surface area contributed by atoms with Crippen molar-refractivity contribution in [3.8, 4) is 5.69 Å². The van der Waals surface area contributed by atoms with Crippen LogP contribution in [0.2, 0.25) is 0 Å². The molecule has 8 nitrogen and oxygen atoms in total. The Labute approximate surface area is 261 Å². The minimum Gasteiger partial charge on any atom is -0.462 e. The van der Waals surface area contributed by atoms with Crippen molar-refractivity contribution in [3.05, 3.63) is 137 Å². The number of hydrogen-bond donors (Lipinski definition) is 2. The lowest BCUT2D eigenvalue weighted by atomic mass is 10.1. The van der Waals surface area contributed by atoms with Crippen LogP contribution in [0.4, 0.5) is 10.5 Å². The number of aromatic nitrogens is 3. The first-order chi connectivity index (χ1) is 21.4. The molecule has 1 unspecified atom stereocenters. The maximum Gasteiger partial charge on any atom is 0.338 e. The molecule has 0 aliphatic heterocycles. The molecule has 5 aromatic rings. The van der Waals surface area contributed by atoms with E-state index in [0.29, 0.717) is 30.1 Å². The first-order valence-electron chi connectivity index (χ1n) is 14.5. The van der Waals surface area contributed by atoms with Gasteiger partial charge in [0.2, 0.25) is 0 Å². The standard InChI is InChI=1S/C35H35N5O3S/c1-4-43-33(41)28-15-17-29(18-16-28)36-34(42)37-31(22-26-10-6-5-7-11-26)32-38-39-35(40(32)30-19-13-24(2)14-20-30)44-23-27-12-8-9-25(3)21-27/h5-21,31H,4,22-23H2,1-3H3,(H2,36,37,42). The molecule has 0 aliphatic carbocycles. The zero-order valence-electron chi connectivity index (χ0n) is 25.0. The van der Waals surface area contributed by atoms with Crippen LogP contribution in [0.3, 0.4) is 0 Å². The quantitative estimate of drug-likeness (QED) is 0.120. The molecule has 9 heteroatoms. The summed E-state index contributed by atoms with van der Waals surface area (Å²) in [5, 5.41) is 16.0. The van der Waals surface area contributed by atoms with Crippen LogP contribution in [0, 0.1) is 13.8 Å². The Kier molecular flexibility index (Phi) is 10.1. The predicted octanol–water partition coefficient (Wildman–Crippen LogP) is 7.46. The van der Waals surface area contributed by atoms with Gasteiger partial charge in [-0.15, -0.1) is 10.2 Å². The number of nitrogens with one attached hydrogen (secondary N) is 2. The van der Waals surface area contributed by atoms with Gasteiger partial charge >= 0.3 is 12.0 Å². The van der Waals surface area contributed by atoms with Crippen molar-refractivity contribution in [2.24, 2.45) is 0 Å². The number of aryl methyl sites for hydroxylation is 2. The highest BCUT2D eigenvalue weighted by atomic mass is 32.2. The summed E-state index contributed by atoms with van der Waals surface area (Å²) in [6.45, 7) is 6.19. The number of rotatable bonds is 11. The van der Waals surface area contributed by atoms with Crippen molar-refractivity contribution in [1.29, 1.82) is 0 Å². The fraction of sp³-hybridized carbons (Fsp3) is 0.200. The third kappa shape index (κ3) is 7.93. The van der Waals surface area contributed by atoms with E-state index < -0.39 is 18.0 Å². The minimum absolute atomic E-state index is 0.295.